The van der Waals surface area contributed by atoms with Gasteiger partial charge in [0.2, 0.25) is 5.91 Å². The average Bonchev–Trinajstić information content (AvgIpc) is 2.87. The maximum absolute atomic E-state index is 12.4. The van der Waals surface area contributed by atoms with Crippen LogP contribution in [0.3, 0.4) is 0 Å². The summed E-state index contributed by atoms with van der Waals surface area (Å²) in [7, 11) is 0. The maximum Gasteiger partial charge on any atom is 0.228 e. The lowest BCUT2D eigenvalue weighted by atomic mass is 10.3. The lowest BCUT2D eigenvalue weighted by Gasteiger charge is -2.21. The molecule has 18 heavy (non-hydrogen) atoms. The topological polar surface area (TPSA) is 20.3 Å². The Morgan fingerprint density at radius 1 is 1.17 bits per heavy atom. The smallest absolute Gasteiger partial charge is 0.228 e. The molecular formula is C14H15NOS2. The third-order valence-corrected chi connectivity index (χ3v) is 4.86. The van der Waals surface area contributed by atoms with Gasteiger partial charge in [-0.25, -0.2) is 0 Å². The van der Waals surface area contributed by atoms with Crippen LogP contribution in [0.1, 0.15) is 22.6 Å². The molecule has 0 atom stereocenters. The molecule has 94 valence electrons. The van der Waals surface area contributed by atoms with Gasteiger partial charge in [-0.3, -0.25) is 4.79 Å². The molecule has 3 rings (SSSR count). The molecule has 2 aromatic rings. The first-order valence-corrected chi connectivity index (χ1v) is 7.93. The van der Waals surface area contributed by atoms with E-state index in [1.807, 2.05) is 17.5 Å². The van der Waals surface area contributed by atoms with Gasteiger partial charge in [0.15, 0.2) is 0 Å². The Morgan fingerprint density at radius 2 is 1.83 bits per heavy atom. The number of hydrogen-bond acceptors (Lipinski definition) is 3. The monoisotopic (exact) mass is 277 g/mol. The summed E-state index contributed by atoms with van der Waals surface area (Å²) in [6.45, 7) is 0.784. The predicted octanol–water partition coefficient (Wildman–Crippen LogP) is 3.54. The van der Waals surface area contributed by atoms with Gasteiger partial charge in [0.05, 0.1) is 13.0 Å². The van der Waals surface area contributed by atoms with Crippen molar-refractivity contribution in [3.05, 3.63) is 44.8 Å². The number of carbonyl (C=O) groups is 1. The van der Waals surface area contributed by atoms with E-state index in [2.05, 4.69) is 22.4 Å². The summed E-state index contributed by atoms with van der Waals surface area (Å²) in [5.74, 6) is 0.272. The zero-order chi connectivity index (χ0) is 12.4. The molecule has 1 fully saturated rings. The Labute approximate surface area is 115 Å². The van der Waals surface area contributed by atoms with Gasteiger partial charge in [0.1, 0.15) is 0 Å². The van der Waals surface area contributed by atoms with Crippen LogP contribution >= 0.6 is 22.7 Å². The minimum absolute atomic E-state index is 0.272. The summed E-state index contributed by atoms with van der Waals surface area (Å²) in [6, 6.07) is 8.69. The fourth-order valence-electron chi connectivity index (χ4n) is 2.04. The summed E-state index contributed by atoms with van der Waals surface area (Å²) in [5, 5.41) is 4.10. The molecule has 0 spiro atoms. The van der Waals surface area contributed by atoms with E-state index < -0.39 is 0 Å². The van der Waals surface area contributed by atoms with Crippen molar-refractivity contribution in [2.75, 3.05) is 0 Å². The molecule has 0 aliphatic heterocycles. The third-order valence-electron chi connectivity index (χ3n) is 3.12. The van der Waals surface area contributed by atoms with Crippen LogP contribution in [0.5, 0.6) is 0 Å². The largest absolute Gasteiger partial charge is 0.334 e. The van der Waals surface area contributed by atoms with Gasteiger partial charge < -0.3 is 4.90 Å². The van der Waals surface area contributed by atoms with Crippen LogP contribution in [0.4, 0.5) is 0 Å². The highest BCUT2D eigenvalue weighted by Crippen LogP contribution is 2.30. The number of hydrogen-bond donors (Lipinski definition) is 0. The van der Waals surface area contributed by atoms with Gasteiger partial charge in [0, 0.05) is 15.8 Å². The molecule has 2 heterocycles. The number of rotatable bonds is 5. The van der Waals surface area contributed by atoms with Crippen molar-refractivity contribution in [1.82, 2.24) is 4.90 Å². The number of nitrogens with zero attached hydrogens (tertiary/aromatic N) is 1. The first-order chi connectivity index (χ1) is 8.83. The van der Waals surface area contributed by atoms with Crippen molar-refractivity contribution in [1.29, 1.82) is 0 Å². The van der Waals surface area contributed by atoms with E-state index in [0.717, 1.165) is 11.4 Å². The highest BCUT2D eigenvalue weighted by molar-refractivity contribution is 7.10. The quantitative estimate of drug-likeness (QED) is 0.818. The van der Waals surface area contributed by atoms with Crippen LogP contribution in [0.15, 0.2) is 35.0 Å². The second kappa shape index (κ2) is 5.24. The van der Waals surface area contributed by atoms with E-state index >= 15 is 0 Å². The predicted molar refractivity (Wildman–Crippen MR) is 75.9 cm³/mol. The van der Waals surface area contributed by atoms with E-state index in [0.29, 0.717) is 12.5 Å². The SMILES string of the molecule is O=C(Cc1cccs1)N(Cc1cccs1)C1CC1. The molecule has 0 aromatic carbocycles. The zero-order valence-electron chi connectivity index (χ0n) is 10.0. The zero-order valence-corrected chi connectivity index (χ0v) is 11.7. The second-order valence-corrected chi connectivity index (χ2v) is 6.65. The van der Waals surface area contributed by atoms with Crippen molar-refractivity contribution < 1.29 is 4.79 Å². The molecule has 0 saturated heterocycles. The van der Waals surface area contributed by atoms with Crippen molar-refractivity contribution in [3.8, 4) is 0 Å². The molecule has 0 bridgehead atoms. The average molecular weight is 277 g/mol. The molecule has 0 radical (unpaired) electrons. The fraction of sp³-hybridized carbons (Fsp3) is 0.357. The molecular weight excluding hydrogens is 262 g/mol. The lowest BCUT2D eigenvalue weighted by molar-refractivity contribution is -0.131. The number of thiophene rings is 2. The summed E-state index contributed by atoms with van der Waals surface area (Å²) >= 11 is 3.39. The summed E-state index contributed by atoms with van der Waals surface area (Å²) in [4.78, 5) is 16.9. The Balaban J connectivity index is 1.67. The summed E-state index contributed by atoms with van der Waals surface area (Å²) in [6.07, 6.45) is 2.89. The fourth-order valence-corrected chi connectivity index (χ4v) is 3.44. The van der Waals surface area contributed by atoms with Crippen LogP contribution in [0.25, 0.3) is 0 Å². The second-order valence-electron chi connectivity index (χ2n) is 4.59. The Kier molecular flexibility index (Phi) is 3.48. The lowest BCUT2D eigenvalue weighted by Crippen LogP contribution is -2.33. The molecule has 1 aliphatic carbocycles. The highest BCUT2D eigenvalue weighted by Gasteiger charge is 2.32. The van der Waals surface area contributed by atoms with Gasteiger partial charge in [-0.15, -0.1) is 22.7 Å². The van der Waals surface area contributed by atoms with Gasteiger partial charge >= 0.3 is 0 Å². The van der Waals surface area contributed by atoms with E-state index in [9.17, 15) is 4.79 Å². The van der Waals surface area contributed by atoms with E-state index in [-0.39, 0.29) is 5.91 Å². The number of carbonyl (C=O) groups excluding carboxylic acids is 1. The van der Waals surface area contributed by atoms with E-state index in [4.69, 9.17) is 0 Å². The minimum Gasteiger partial charge on any atom is -0.334 e. The molecule has 1 saturated carbocycles. The molecule has 2 nitrogen and oxygen atoms in total. The maximum atomic E-state index is 12.4. The normalized spacial score (nSPS) is 14.7. The van der Waals surface area contributed by atoms with E-state index in [1.165, 1.54) is 17.7 Å². The van der Waals surface area contributed by atoms with Gasteiger partial charge in [-0.1, -0.05) is 12.1 Å². The Morgan fingerprint density at radius 3 is 2.39 bits per heavy atom. The highest BCUT2D eigenvalue weighted by atomic mass is 32.1. The molecule has 2 aromatic heterocycles. The molecule has 1 aliphatic rings. The number of amides is 1. The first-order valence-electron chi connectivity index (χ1n) is 6.17. The molecule has 0 unspecified atom stereocenters. The Hall–Kier alpha value is -1.13. The van der Waals surface area contributed by atoms with Crippen LogP contribution < -0.4 is 0 Å². The van der Waals surface area contributed by atoms with Crippen LogP contribution in [0.2, 0.25) is 0 Å². The third kappa shape index (κ3) is 2.82. The van der Waals surface area contributed by atoms with Crippen molar-refractivity contribution in [3.63, 3.8) is 0 Å². The first kappa shape index (κ1) is 11.9. The standard InChI is InChI=1S/C14H15NOS2/c16-14(9-12-3-1-7-17-12)15(11-5-6-11)10-13-4-2-8-18-13/h1-4,7-8,11H,5-6,9-10H2. The Bertz CT molecular complexity index is 500. The molecule has 1 amide bonds. The van der Waals surface area contributed by atoms with Crippen LogP contribution in [-0.4, -0.2) is 16.8 Å². The van der Waals surface area contributed by atoms with Crippen molar-refractivity contribution in [2.45, 2.75) is 31.8 Å². The minimum atomic E-state index is 0.272. The van der Waals surface area contributed by atoms with Crippen LogP contribution in [-0.2, 0) is 17.8 Å². The van der Waals surface area contributed by atoms with E-state index in [1.54, 1.807) is 22.7 Å². The van der Waals surface area contributed by atoms with Crippen molar-refractivity contribution >= 4 is 28.6 Å². The van der Waals surface area contributed by atoms with Crippen molar-refractivity contribution in [2.24, 2.45) is 0 Å². The van der Waals surface area contributed by atoms with Gasteiger partial charge in [-0.05, 0) is 35.7 Å². The van der Waals surface area contributed by atoms with Gasteiger partial charge in [-0.2, -0.15) is 0 Å². The summed E-state index contributed by atoms with van der Waals surface area (Å²) < 4.78 is 0. The summed E-state index contributed by atoms with van der Waals surface area (Å²) in [5.41, 5.74) is 0. The molecule has 4 heteroatoms. The molecule has 0 N–H and O–H groups in total. The van der Waals surface area contributed by atoms with Gasteiger partial charge in [0.25, 0.3) is 0 Å². The van der Waals surface area contributed by atoms with Crippen LogP contribution in [0, 0.1) is 0 Å².